The van der Waals surface area contributed by atoms with E-state index < -0.39 is 0 Å². The summed E-state index contributed by atoms with van der Waals surface area (Å²) in [6.45, 7) is 1.62. The summed E-state index contributed by atoms with van der Waals surface area (Å²) in [5.41, 5.74) is 0. The van der Waals surface area contributed by atoms with E-state index in [0.717, 1.165) is 18.8 Å². The van der Waals surface area contributed by atoms with E-state index in [1.165, 1.54) is 0 Å². The lowest BCUT2D eigenvalue weighted by Gasteiger charge is -2.26. The summed E-state index contributed by atoms with van der Waals surface area (Å²) in [6, 6.07) is 7.44. The van der Waals surface area contributed by atoms with E-state index in [1.54, 1.807) is 0 Å². The molecule has 1 aliphatic heterocycles. The highest BCUT2D eigenvalue weighted by atomic mass is 35.5. The van der Waals surface area contributed by atoms with Crippen LogP contribution in [-0.2, 0) is 0 Å². The first-order valence-electron chi connectivity index (χ1n) is 3.90. The smallest absolute Gasteiger partial charge is 0.127 e. The van der Waals surface area contributed by atoms with Gasteiger partial charge in [0.2, 0.25) is 0 Å². The van der Waals surface area contributed by atoms with Crippen LogP contribution >= 0.6 is 11.6 Å². The summed E-state index contributed by atoms with van der Waals surface area (Å²) >= 11 is 5.79. The highest BCUT2D eigenvalue weighted by molar-refractivity contribution is 6.30. The van der Waals surface area contributed by atoms with Gasteiger partial charge in [0.25, 0.3) is 0 Å². The lowest BCUT2D eigenvalue weighted by atomic mass is 10.2. The van der Waals surface area contributed by atoms with Crippen LogP contribution in [0.3, 0.4) is 0 Å². The molecule has 0 bridgehead atoms. The molecule has 1 fully saturated rings. The maximum Gasteiger partial charge on any atom is 0.127 e. The third-order valence-electron chi connectivity index (χ3n) is 1.76. The molecule has 1 aliphatic rings. The van der Waals surface area contributed by atoms with Gasteiger partial charge in [0.05, 0.1) is 13.1 Å². The first-order valence-corrected chi connectivity index (χ1v) is 4.28. The van der Waals surface area contributed by atoms with Gasteiger partial charge in [-0.15, -0.1) is 0 Å². The minimum atomic E-state index is 0.267. The second kappa shape index (κ2) is 3.33. The number of ether oxygens (including phenoxy) is 1. The largest absolute Gasteiger partial charge is 0.488 e. The van der Waals surface area contributed by atoms with Gasteiger partial charge in [-0.2, -0.15) is 0 Å². The van der Waals surface area contributed by atoms with Crippen LogP contribution in [0.25, 0.3) is 0 Å². The molecule has 0 amide bonds. The zero-order chi connectivity index (χ0) is 8.39. The average Bonchev–Trinajstić information content (AvgIpc) is 1.97. The highest BCUT2D eigenvalue weighted by Crippen LogP contribution is 2.19. The Bertz CT molecular complexity index is 273. The molecule has 12 heavy (non-hydrogen) atoms. The van der Waals surface area contributed by atoms with Crippen LogP contribution in [-0.4, -0.2) is 19.2 Å². The molecule has 63 valence electrons. The minimum absolute atomic E-state index is 0.267. The molecule has 3 heteroatoms. The summed E-state index contributed by atoms with van der Waals surface area (Å²) in [7, 11) is 0. The zero-order valence-corrected chi connectivity index (χ0v) is 7.29. The Morgan fingerprint density at radius 2 is 2.25 bits per heavy atom. The average molecular weight is 183 g/mol. The fourth-order valence-corrected chi connectivity index (χ4v) is 1.22. The summed E-state index contributed by atoms with van der Waals surface area (Å²) in [5, 5.41) is 4.77. The summed E-state index contributed by atoms with van der Waals surface area (Å²) < 4.78 is 5.55. The molecule has 1 aromatic carbocycles. The molecular formula is C9H9ClNO. The second-order valence-corrected chi connectivity index (χ2v) is 3.22. The molecule has 0 spiro atoms. The van der Waals surface area contributed by atoms with Gasteiger partial charge in [-0.3, -0.25) is 0 Å². The van der Waals surface area contributed by atoms with E-state index in [9.17, 15) is 0 Å². The van der Waals surface area contributed by atoms with E-state index in [-0.39, 0.29) is 6.10 Å². The van der Waals surface area contributed by atoms with Gasteiger partial charge in [0.1, 0.15) is 11.9 Å². The van der Waals surface area contributed by atoms with E-state index in [2.05, 4.69) is 5.32 Å². The monoisotopic (exact) mass is 182 g/mol. The first-order chi connectivity index (χ1) is 5.84. The van der Waals surface area contributed by atoms with Crippen LogP contribution in [0.4, 0.5) is 0 Å². The van der Waals surface area contributed by atoms with Crippen LogP contribution < -0.4 is 10.1 Å². The van der Waals surface area contributed by atoms with Gasteiger partial charge in [-0.25, -0.2) is 5.32 Å². The van der Waals surface area contributed by atoms with Gasteiger partial charge in [-0.1, -0.05) is 17.7 Å². The van der Waals surface area contributed by atoms with Crippen molar-refractivity contribution >= 4 is 11.6 Å². The second-order valence-electron chi connectivity index (χ2n) is 2.79. The highest BCUT2D eigenvalue weighted by Gasteiger charge is 2.19. The number of rotatable bonds is 2. The molecular weight excluding hydrogens is 174 g/mol. The Labute approximate surface area is 76.5 Å². The van der Waals surface area contributed by atoms with Crippen LogP contribution in [0.15, 0.2) is 24.3 Å². The molecule has 0 unspecified atom stereocenters. The van der Waals surface area contributed by atoms with E-state index in [1.807, 2.05) is 24.3 Å². The molecule has 1 heterocycles. The molecule has 0 N–H and O–H groups in total. The van der Waals surface area contributed by atoms with Crippen molar-refractivity contribution in [3.63, 3.8) is 0 Å². The van der Waals surface area contributed by atoms with Gasteiger partial charge >= 0.3 is 0 Å². The Balaban J connectivity index is 2.02. The maximum absolute atomic E-state index is 5.79. The fourth-order valence-electron chi connectivity index (χ4n) is 1.04. The van der Waals surface area contributed by atoms with Crippen LogP contribution in [0.5, 0.6) is 5.75 Å². The number of hydrogen-bond donors (Lipinski definition) is 0. The number of benzene rings is 1. The molecule has 0 saturated carbocycles. The Morgan fingerprint density at radius 1 is 1.42 bits per heavy atom. The van der Waals surface area contributed by atoms with E-state index >= 15 is 0 Å². The van der Waals surface area contributed by atoms with E-state index in [4.69, 9.17) is 16.3 Å². The molecule has 0 aromatic heterocycles. The third kappa shape index (κ3) is 1.71. The lowest BCUT2D eigenvalue weighted by Crippen LogP contribution is -2.45. The Kier molecular flexibility index (Phi) is 2.19. The summed E-state index contributed by atoms with van der Waals surface area (Å²) in [6.07, 6.45) is 0.267. The molecule has 1 radical (unpaired) electrons. The van der Waals surface area contributed by atoms with Gasteiger partial charge in [-0.05, 0) is 18.2 Å². The topological polar surface area (TPSA) is 23.3 Å². The van der Waals surface area contributed by atoms with Crippen molar-refractivity contribution in [3.8, 4) is 5.75 Å². The molecule has 2 nitrogen and oxygen atoms in total. The lowest BCUT2D eigenvalue weighted by molar-refractivity contribution is 0.139. The van der Waals surface area contributed by atoms with Crippen molar-refractivity contribution < 1.29 is 4.74 Å². The Hall–Kier alpha value is -0.730. The molecule has 2 rings (SSSR count). The first kappa shape index (κ1) is 7.90. The van der Waals surface area contributed by atoms with Crippen molar-refractivity contribution in [1.82, 2.24) is 5.32 Å². The van der Waals surface area contributed by atoms with Crippen molar-refractivity contribution in [2.75, 3.05) is 13.1 Å². The van der Waals surface area contributed by atoms with Crippen molar-refractivity contribution in [1.29, 1.82) is 0 Å². The normalized spacial score (nSPS) is 17.1. The van der Waals surface area contributed by atoms with Crippen LogP contribution in [0, 0.1) is 0 Å². The molecule has 0 aliphatic carbocycles. The maximum atomic E-state index is 5.79. The predicted octanol–water partition coefficient (Wildman–Crippen LogP) is 1.71. The molecule has 1 saturated heterocycles. The number of nitrogens with zero attached hydrogens (tertiary/aromatic N) is 1. The molecule has 0 atom stereocenters. The fraction of sp³-hybridized carbons (Fsp3) is 0.333. The van der Waals surface area contributed by atoms with Gasteiger partial charge < -0.3 is 4.74 Å². The zero-order valence-electron chi connectivity index (χ0n) is 6.53. The summed E-state index contributed by atoms with van der Waals surface area (Å²) in [5.74, 6) is 0.836. The predicted molar refractivity (Wildman–Crippen MR) is 47.7 cm³/mol. The number of halogens is 1. The summed E-state index contributed by atoms with van der Waals surface area (Å²) in [4.78, 5) is 0. The number of hydrogen-bond acceptors (Lipinski definition) is 1. The van der Waals surface area contributed by atoms with Crippen LogP contribution in [0.1, 0.15) is 0 Å². The SMILES string of the molecule is Clc1cccc(OC2C[N]C2)c1. The van der Waals surface area contributed by atoms with Crippen molar-refractivity contribution in [2.24, 2.45) is 0 Å². The van der Waals surface area contributed by atoms with Gasteiger partial charge in [0, 0.05) is 5.02 Å². The van der Waals surface area contributed by atoms with Crippen LogP contribution in [0.2, 0.25) is 5.02 Å². The standard InChI is InChI=1S/C9H9ClNO/c10-7-2-1-3-8(4-7)12-9-5-11-6-9/h1-4,9H,5-6H2. The third-order valence-corrected chi connectivity index (χ3v) is 2.00. The molecule has 1 aromatic rings. The van der Waals surface area contributed by atoms with Crippen molar-refractivity contribution in [3.05, 3.63) is 29.3 Å². The van der Waals surface area contributed by atoms with Crippen molar-refractivity contribution in [2.45, 2.75) is 6.10 Å². The Morgan fingerprint density at radius 3 is 2.83 bits per heavy atom. The minimum Gasteiger partial charge on any atom is -0.488 e. The van der Waals surface area contributed by atoms with Gasteiger partial charge in [0.15, 0.2) is 0 Å². The van der Waals surface area contributed by atoms with E-state index in [0.29, 0.717) is 5.02 Å². The quantitative estimate of drug-likeness (QED) is 0.683.